The van der Waals surface area contributed by atoms with Crippen molar-refractivity contribution < 1.29 is 28.5 Å². The van der Waals surface area contributed by atoms with Gasteiger partial charge in [-0.25, -0.2) is 0 Å². The van der Waals surface area contributed by atoms with Gasteiger partial charge in [0.1, 0.15) is 0 Å². The first kappa shape index (κ1) is 59.8. The summed E-state index contributed by atoms with van der Waals surface area (Å²) in [6.45, 7) is 19.2. The molecule has 0 saturated carbocycles. The van der Waals surface area contributed by atoms with Crippen molar-refractivity contribution in [2.45, 2.75) is 272 Å². The molecule has 0 radical (unpaired) electrons. The molecule has 0 aromatic carbocycles. The highest BCUT2D eigenvalue weighted by atomic mass is 16.5. The molecule has 0 bridgehead atoms. The Labute approximate surface area is 381 Å². The van der Waals surface area contributed by atoms with Crippen LogP contribution in [0.5, 0.6) is 0 Å². The molecular formula is C54H107NO6. The number of hydrogen-bond donors (Lipinski definition) is 0. The molecule has 364 valence electrons. The Morgan fingerprint density at radius 2 is 0.918 bits per heavy atom. The van der Waals surface area contributed by atoms with Crippen molar-refractivity contribution >= 4 is 12.4 Å². The summed E-state index contributed by atoms with van der Waals surface area (Å²) < 4.78 is 22.4. The van der Waals surface area contributed by atoms with Crippen LogP contribution in [0.4, 0.5) is 0 Å². The average molecular weight is 866 g/mol. The lowest BCUT2D eigenvalue weighted by molar-refractivity contribution is -0.144. The van der Waals surface area contributed by atoms with Gasteiger partial charge in [0.15, 0.2) is 0 Å². The van der Waals surface area contributed by atoms with Crippen LogP contribution in [0.15, 0.2) is 0 Å². The quantitative estimate of drug-likeness (QED) is 0.0343. The number of carbonyl (C=O) groups is 2. The highest BCUT2D eigenvalue weighted by Gasteiger charge is 2.13. The summed E-state index contributed by atoms with van der Waals surface area (Å²) in [5.41, 5.74) is 0. The van der Waals surface area contributed by atoms with Crippen molar-refractivity contribution in [3.05, 3.63) is 0 Å². The smallest absolute Gasteiger partial charge is 0.305 e. The minimum absolute atomic E-state index is 0.0196. The Bertz CT molecular complexity index is 846. The number of ether oxygens (including phenoxy) is 4. The molecule has 7 heteroatoms. The first-order valence-electron chi connectivity index (χ1n) is 27.2. The molecule has 0 N–H and O–H groups in total. The molecule has 1 saturated heterocycles. The van der Waals surface area contributed by atoms with E-state index in [-0.39, 0.29) is 5.97 Å². The van der Waals surface area contributed by atoms with Crippen LogP contribution in [0.25, 0.3) is 0 Å². The monoisotopic (exact) mass is 866 g/mol. The molecule has 0 aliphatic carbocycles. The van der Waals surface area contributed by atoms with Gasteiger partial charge in [-0.3, -0.25) is 14.5 Å². The van der Waals surface area contributed by atoms with Crippen molar-refractivity contribution in [3.8, 4) is 0 Å². The van der Waals surface area contributed by atoms with Crippen molar-refractivity contribution in [1.29, 1.82) is 0 Å². The van der Waals surface area contributed by atoms with Crippen LogP contribution < -0.4 is 0 Å². The van der Waals surface area contributed by atoms with Gasteiger partial charge in [0.05, 0.1) is 32.5 Å². The maximum atomic E-state index is 12.3. The van der Waals surface area contributed by atoms with Gasteiger partial charge in [-0.15, -0.1) is 0 Å². The molecule has 1 heterocycles. The SMILES string of the molecule is CCCCCC(CCCCC)CCOC=O.CCCCCCCCCC(CCCCCCCCC(=O)OCCC(CCCCC)CCCCC)OCCCCN1CCOCC1. The molecule has 7 nitrogen and oxygen atoms in total. The molecule has 1 unspecified atom stereocenters. The summed E-state index contributed by atoms with van der Waals surface area (Å²) >= 11 is 0. The molecule has 1 aliphatic heterocycles. The second kappa shape index (κ2) is 49.8. The normalized spacial score (nSPS) is 13.7. The number of esters is 1. The third-order valence-electron chi connectivity index (χ3n) is 13.0. The molecule has 1 rings (SSSR count). The van der Waals surface area contributed by atoms with Crippen molar-refractivity contribution in [2.24, 2.45) is 11.8 Å². The third kappa shape index (κ3) is 43.8. The van der Waals surface area contributed by atoms with Gasteiger partial charge in [0.25, 0.3) is 6.47 Å². The fraction of sp³-hybridized carbons (Fsp3) is 0.963. The third-order valence-corrected chi connectivity index (χ3v) is 13.0. The van der Waals surface area contributed by atoms with Gasteiger partial charge >= 0.3 is 5.97 Å². The number of carbonyl (C=O) groups excluding carboxylic acids is 2. The Balaban J connectivity index is 0.00000189. The maximum absolute atomic E-state index is 12.3. The standard InChI is InChI=1S/C40H79NO4.C14H28O2/c1-4-7-10-11-12-15-20-27-39(44-34-24-23-31-41-32-36-43-37-33-41)28-21-16-13-14-17-22-29-40(42)45-35-30-38(25-18-8-5-2)26-19-9-6-3;1-3-5-7-9-14(10-8-6-4-2)11-12-16-13-15/h38-39H,4-37H2,1-3H3;13-14H,3-12H2,1-2H3. The molecule has 1 aliphatic rings. The van der Waals surface area contributed by atoms with Crippen LogP contribution in [0, 0.1) is 11.8 Å². The molecular weight excluding hydrogens is 759 g/mol. The van der Waals surface area contributed by atoms with Gasteiger partial charge in [0.2, 0.25) is 0 Å². The Morgan fingerprint density at radius 1 is 0.492 bits per heavy atom. The molecule has 1 atom stereocenters. The number of morpholine rings is 1. The zero-order chi connectivity index (χ0) is 44.5. The summed E-state index contributed by atoms with van der Waals surface area (Å²) in [6.07, 6.45) is 45.7. The van der Waals surface area contributed by atoms with Crippen molar-refractivity contribution in [1.82, 2.24) is 4.90 Å². The van der Waals surface area contributed by atoms with Gasteiger partial charge in [-0.2, -0.15) is 0 Å². The van der Waals surface area contributed by atoms with E-state index in [9.17, 15) is 9.59 Å². The zero-order valence-corrected chi connectivity index (χ0v) is 41.8. The highest BCUT2D eigenvalue weighted by Crippen LogP contribution is 2.23. The van der Waals surface area contributed by atoms with Crippen LogP contribution in [0.3, 0.4) is 0 Å². The second-order valence-corrected chi connectivity index (χ2v) is 18.7. The van der Waals surface area contributed by atoms with Crippen LogP contribution in [0.1, 0.15) is 266 Å². The second-order valence-electron chi connectivity index (χ2n) is 18.7. The molecule has 0 spiro atoms. The van der Waals surface area contributed by atoms with Gasteiger partial charge < -0.3 is 18.9 Å². The summed E-state index contributed by atoms with van der Waals surface area (Å²) in [5.74, 6) is 1.51. The van der Waals surface area contributed by atoms with Crippen molar-refractivity contribution in [2.75, 3.05) is 52.7 Å². The van der Waals surface area contributed by atoms with Crippen molar-refractivity contribution in [3.63, 3.8) is 0 Å². The fourth-order valence-electron chi connectivity index (χ4n) is 8.79. The fourth-order valence-corrected chi connectivity index (χ4v) is 8.79. The zero-order valence-electron chi connectivity index (χ0n) is 41.8. The van der Waals surface area contributed by atoms with E-state index < -0.39 is 0 Å². The van der Waals surface area contributed by atoms with Gasteiger partial charge in [0, 0.05) is 26.1 Å². The average Bonchev–Trinajstić information content (AvgIpc) is 3.27. The lowest BCUT2D eigenvalue weighted by atomic mass is 9.92. The first-order valence-corrected chi connectivity index (χ1v) is 27.2. The molecule has 0 amide bonds. The van der Waals surface area contributed by atoms with Crippen LogP contribution in [-0.2, 0) is 28.5 Å². The molecule has 0 aromatic rings. The minimum Gasteiger partial charge on any atom is -0.468 e. The number of nitrogens with zero attached hydrogens (tertiary/aromatic N) is 1. The number of unbranched alkanes of at least 4 members (excludes halogenated alkanes) is 20. The van der Waals surface area contributed by atoms with Gasteiger partial charge in [-0.1, -0.05) is 214 Å². The topological polar surface area (TPSA) is 74.3 Å². The Kier molecular flexibility index (Phi) is 48.9. The number of hydrogen-bond acceptors (Lipinski definition) is 7. The van der Waals surface area contributed by atoms with Crippen LogP contribution >= 0.6 is 0 Å². The summed E-state index contributed by atoms with van der Waals surface area (Å²) in [7, 11) is 0. The largest absolute Gasteiger partial charge is 0.468 e. The van der Waals surface area contributed by atoms with E-state index in [4.69, 9.17) is 18.9 Å². The Morgan fingerprint density at radius 3 is 1.41 bits per heavy atom. The lowest BCUT2D eigenvalue weighted by Gasteiger charge is -2.26. The predicted molar refractivity (Wildman–Crippen MR) is 262 cm³/mol. The maximum Gasteiger partial charge on any atom is 0.305 e. The summed E-state index contributed by atoms with van der Waals surface area (Å²) in [5, 5.41) is 0. The molecule has 61 heavy (non-hydrogen) atoms. The van der Waals surface area contributed by atoms with E-state index in [1.165, 1.54) is 206 Å². The van der Waals surface area contributed by atoms with E-state index in [0.717, 1.165) is 70.4 Å². The minimum atomic E-state index is 0.0196. The van der Waals surface area contributed by atoms with E-state index in [0.29, 0.717) is 32.2 Å². The Hall–Kier alpha value is -1.18. The van der Waals surface area contributed by atoms with E-state index in [1.807, 2.05) is 0 Å². The van der Waals surface area contributed by atoms with E-state index >= 15 is 0 Å². The van der Waals surface area contributed by atoms with Gasteiger partial charge in [-0.05, 0) is 63.3 Å². The summed E-state index contributed by atoms with van der Waals surface area (Å²) in [6, 6.07) is 0. The first-order chi connectivity index (χ1) is 30.0. The van der Waals surface area contributed by atoms with Crippen LogP contribution in [0.2, 0.25) is 0 Å². The number of rotatable bonds is 46. The summed E-state index contributed by atoms with van der Waals surface area (Å²) in [4.78, 5) is 24.9. The molecule has 0 aromatic heterocycles. The lowest BCUT2D eigenvalue weighted by Crippen LogP contribution is -2.36. The predicted octanol–water partition coefficient (Wildman–Crippen LogP) is 15.8. The van der Waals surface area contributed by atoms with E-state index in [1.54, 1.807) is 0 Å². The highest BCUT2D eigenvalue weighted by molar-refractivity contribution is 5.69. The van der Waals surface area contributed by atoms with Crippen LogP contribution in [-0.4, -0.2) is 76.1 Å². The van der Waals surface area contributed by atoms with E-state index in [2.05, 4.69) is 39.5 Å². The molecule has 1 fully saturated rings.